The van der Waals surface area contributed by atoms with Gasteiger partial charge in [0.1, 0.15) is 0 Å². The van der Waals surface area contributed by atoms with Crippen molar-refractivity contribution in [2.24, 2.45) is 0 Å². The van der Waals surface area contributed by atoms with Gasteiger partial charge in [-0.1, -0.05) is 0 Å². The standard InChI is InChI=1S/C7H6N2S/c1-3-8-4-2-7-6(1)9-5-10-7/h1-5,8H. The smallest absolute Gasteiger partial charge is 0.0827 e. The molecule has 50 valence electrons. The first kappa shape index (κ1) is 5.68. The van der Waals surface area contributed by atoms with Crippen molar-refractivity contribution in [3.63, 3.8) is 0 Å². The summed E-state index contributed by atoms with van der Waals surface area (Å²) in [7, 11) is 0. The van der Waals surface area contributed by atoms with E-state index in [1.807, 2.05) is 30.1 Å². The van der Waals surface area contributed by atoms with Crippen LogP contribution in [0, 0.1) is 0 Å². The molecule has 1 N–H and O–H groups in total. The molecule has 0 saturated carbocycles. The van der Waals surface area contributed by atoms with Crippen LogP contribution in [0.15, 0.2) is 17.9 Å². The minimum atomic E-state index is 1.05. The lowest BCUT2D eigenvalue weighted by Gasteiger charge is -1.81. The molecule has 1 aliphatic rings. The first-order valence-corrected chi connectivity index (χ1v) is 3.87. The van der Waals surface area contributed by atoms with Gasteiger partial charge in [0.2, 0.25) is 0 Å². The number of rotatable bonds is 0. The lowest BCUT2D eigenvalue weighted by atomic mass is 10.3. The highest BCUT2D eigenvalue weighted by Gasteiger charge is 1.99. The molecule has 0 fully saturated rings. The highest BCUT2D eigenvalue weighted by atomic mass is 32.1. The number of nitrogens with zero attached hydrogens (tertiary/aromatic N) is 1. The maximum Gasteiger partial charge on any atom is 0.0827 e. The molecule has 1 aromatic heterocycles. The number of nitrogens with one attached hydrogen (secondary N) is 1. The van der Waals surface area contributed by atoms with Crippen LogP contribution in [0.4, 0.5) is 0 Å². The SMILES string of the molecule is C1=Cc2ncsc2C=CN1. The molecule has 0 aromatic carbocycles. The summed E-state index contributed by atoms with van der Waals surface area (Å²) in [6.07, 6.45) is 7.77. The molecule has 2 rings (SSSR count). The first-order chi connectivity index (χ1) is 4.97. The number of hydrogen-bond donors (Lipinski definition) is 1. The van der Waals surface area contributed by atoms with E-state index in [2.05, 4.69) is 10.3 Å². The van der Waals surface area contributed by atoms with Gasteiger partial charge in [0.25, 0.3) is 0 Å². The fraction of sp³-hybridized carbons (Fsp3) is 0. The second-order valence-electron chi connectivity index (χ2n) is 1.94. The summed E-state index contributed by atoms with van der Waals surface area (Å²) >= 11 is 1.65. The average Bonchev–Trinajstić information content (AvgIpc) is 2.28. The predicted molar refractivity (Wildman–Crippen MR) is 43.3 cm³/mol. The Morgan fingerprint density at radius 1 is 1.30 bits per heavy atom. The molecule has 0 bridgehead atoms. The van der Waals surface area contributed by atoms with Crippen LogP contribution in [0.5, 0.6) is 0 Å². The Morgan fingerprint density at radius 3 is 3.20 bits per heavy atom. The fourth-order valence-corrected chi connectivity index (χ4v) is 1.49. The highest BCUT2D eigenvalue weighted by molar-refractivity contribution is 7.10. The highest BCUT2D eigenvalue weighted by Crippen LogP contribution is 2.17. The Balaban J connectivity index is 2.56. The van der Waals surface area contributed by atoms with Gasteiger partial charge in [-0.25, -0.2) is 4.98 Å². The Kier molecular flexibility index (Phi) is 1.29. The van der Waals surface area contributed by atoms with E-state index < -0.39 is 0 Å². The topological polar surface area (TPSA) is 24.9 Å². The van der Waals surface area contributed by atoms with E-state index in [9.17, 15) is 0 Å². The van der Waals surface area contributed by atoms with Crippen LogP contribution < -0.4 is 5.32 Å². The number of fused-ring (bicyclic) bond motifs is 1. The summed E-state index contributed by atoms with van der Waals surface area (Å²) in [5.74, 6) is 0. The second kappa shape index (κ2) is 2.27. The van der Waals surface area contributed by atoms with Crippen LogP contribution in [0.3, 0.4) is 0 Å². The van der Waals surface area contributed by atoms with Crippen molar-refractivity contribution in [3.8, 4) is 0 Å². The lowest BCUT2D eigenvalue weighted by Crippen LogP contribution is -1.87. The van der Waals surface area contributed by atoms with E-state index in [-0.39, 0.29) is 0 Å². The van der Waals surface area contributed by atoms with Gasteiger partial charge in [0, 0.05) is 12.4 Å². The monoisotopic (exact) mass is 150 g/mol. The van der Waals surface area contributed by atoms with Crippen LogP contribution in [0.25, 0.3) is 12.2 Å². The molecule has 10 heavy (non-hydrogen) atoms. The molecule has 3 heteroatoms. The van der Waals surface area contributed by atoms with Crippen LogP contribution in [0.2, 0.25) is 0 Å². The number of thiazole rings is 1. The van der Waals surface area contributed by atoms with Gasteiger partial charge < -0.3 is 5.32 Å². The van der Waals surface area contributed by atoms with Gasteiger partial charge in [-0.2, -0.15) is 0 Å². The summed E-state index contributed by atoms with van der Waals surface area (Å²) in [4.78, 5) is 5.37. The summed E-state index contributed by atoms with van der Waals surface area (Å²) in [5.41, 5.74) is 2.90. The Hall–Kier alpha value is -1.09. The van der Waals surface area contributed by atoms with Gasteiger partial charge in [-0.05, 0) is 12.2 Å². The molecule has 0 spiro atoms. The van der Waals surface area contributed by atoms with E-state index >= 15 is 0 Å². The summed E-state index contributed by atoms with van der Waals surface area (Å²) < 4.78 is 0. The minimum Gasteiger partial charge on any atom is -0.368 e. The van der Waals surface area contributed by atoms with Crippen molar-refractivity contribution in [3.05, 3.63) is 28.5 Å². The van der Waals surface area contributed by atoms with Crippen LogP contribution in [0.1, 0.15) is 10.6 Å². The van der Waals surface area contributed by atoms with Crippen molar-refractivity contribution >= 4 is 23.5 Å². The third-order valence-corrected chi connectivity index (χ3v) is 2.10. The van der Waals surface area contributed by atoms with Crippen molar-refractivity contribution in [1.82, 2.24) is 10.3 Å². The molecule has 0 radical (unpaired) electrons. The van der Waals surface area contributed by atoms with E-state index in [4.69, 9.17) is 0 Å². The lowest BCUT2D eigenvalue weighted by molar-refractivity contribution is 1.22. The van der Waals surface area contributed by atoms with Crippen molar-refractivity contribution in [1.29, 1.82) is 0 Å². The molecular formula is C7H6N2S. The minimum absolute atomic E-state index is 1.05. The summed E-state index contributed by atoms with van der Waals surface area (Å²) in [5, 5.41) is 2.99. The third kappa shape index (κ3) is 0.844. The quantitative estimate of drug-likeness (QED) is 0.608. The molecule has 2 heterocycles. The summed E-state index contributed by atoms with van der Waals surface area (Å²) in [6, 6.07) is 0. The van der Waals surface area contributed by atoms with E-state index in [1.54, 1.807) is 11.3 Å². The molecule has 0 amide bonds. The van der Waals surface area contributed by atoms with Gasteiger partial charge in [-0.3, -0.25) is 0 Å². The predicted octanol–water partition coefficient (Wildman–Crippen LogP) is 1.69. The van der Waals surface area contributed by atoms with E-state index in [0.29, 0.717) is 0 Å². The van der Waals surface area contributed by atoms with E-state index in [0.717, 1.165) is 5.69 Å². The average molecular weight is 150 g/mol. The molecule has 2 nitrogen and oxygen atoms in total. The Bertz CT molecular complexity index is 259. The maximum absolute atomic E-state index is 4.16. The maximum atomic E-state index is 4.16. The normalized spacial score (nSPS) is 14.0. The molecular weight excluding hydrogens is 144 g/mol. The Labute approximate surface area is 62.9 Å². The van der Waals surface area contributed by atoms with Gasteiger partial charge in [0.15, 0.2) is 0 Å². The van der Waals surface area contributed by atoms with Crippen molar-refractivity contribution in [2.45, 2.75) is 0 Å². The van der Waals surface area contributed by atoms with Gasteiger partial charge in [0.05, 0.1) is 16.1 Å². The van der Waals surface area contributed by atoms with Crippen LogP contribution >= 0.6 is 11.3 Å². The zero-order valence-corrected chi connectivity index (χ0v) is 6.06. The first-order valence-electron chi connectivity index (χ1n) is 2.99. The van der Waals surface area contributed by atoms with Crippen LogP contribution in [-0.4, -0.2) is 4.98 Å². The van der Waals surface area contributed by atoms with E-state index in [1.165, 1.54) is 4.88 Å². The zero-order valence-electron chi connectivity index (χ0n) is 5.24. The van der Waals surface area contributed by atoms with Crippen molar-refractivity contribution in [2.75, 3.05) is 0 Å². The van der Waals surface area contributed by atoms with Crippen molar-refractivity contribution < 1.29 is 0 Å². The fourth-order valence-electron chi connectivity index (χ4n) is 0.820. The molecule has 0 saturated heterocycles. The summed E-state index contributed by atoms with van der Waals surface area (Å²) in [6.45, 7) is 0. The molecule has 1 aliphatic heterocycles. The second-order valence-corrected chi connectivity index (χ2v) is 2.82. The number of aromatic nitrogens is 1. The largest absolute Gasteiger partial charge is 0.368 e. The molecule has 1 aromatic rings. The number of hydrogen-bond acceptors (Lipinski definition) is 3. The molecule has 0 atom stereocenters. The van der Waals surface area contributed by atoms with Gasteiger partial charge in [-0.15, -0.1) is 11.3 Å². The van der Waals surface area contributed by atoms with Gasteiger partial charge >= 0.3 is 0 Å². The third-order valence-electron chi connectivity index (χ3n) is 1.29. The molecule has 0 aliphatic carbocycles. The Morgan fingerprint density at radius 2 is 2.20 bits per heavy atom. The van der Waals surface area contributed by atoms with Crippen LogP contribution in [-0.2, 0) is 0 Å². The zero-order chi connectivity index (χ0) is 6.81. The molecule has 0 unspecified atom stereocenters.